The molecule has 0 spiro atoms. The van der Waals surface area contributed by atoms with E-state index in [-0.39, 0.29) is 11.8 Å². The van der Waals surface area contributed by atoms with Crippen molar-refractivity contribution < 1.29 is 14.0 Å². The number of furan rings is 1. The number of benzene rings is 1. The number of hydrogen-bond acceptors (Lipinski definition) is 5. The molecule has 0 aliphatic carbocycles. The molecule has 0 bridgehead atoms. The van der Waals surface area contributed by atoms with Gasteiger partial charge in [0.2, 0.25) is 5.91 Å². The average molecular weight is 386 g/mol. The second-order valence-electron chi connectivity index (χ2n) is 5.74. The van der Waals surface area contributed by atoms with Gasteiger partial charge in [-0.3, -0.25) is 14.5 Å². The van der Waals surface area contributed by atoms with E-state index in [1.165, 1.54) is 18.7 Å². The highest BCUT2D eigenvalue weighted by molar-refractivity contribution is 8.26. The van der Waals surface area contributed by atoms with Crippen molar-refractivity contribution in [3.63, 3.8) is 0 Å². The second kappa shape index (κ2) is 8.33. The summed E-state index contributed by atoms with van der Waals surface area (Å²) in [6.07, 6.45) is 2.37. The minimum Gasteiger partial charge on any atom is -0.457 e. The van der Waals surface area contributed by atoms with Gasteiger partial charge in [-0.25, -0.2) is 0 Å². The van der Waals surface area contributed by atoms with Crippen LogP contribution >= 0.6 is 24.0 Å². The maximum absolute atomic E-state index is 12.5. The summed E-state index contributed by atoms with van der Waals surface area (Å²) in [6, 6.07) is 13.5. The van der Waals surface area contributed by atoms with E-state index < -0.39 is 0 Å². The molecule has 2 heterocycles. The smallest absolute Gasteiger partial charge is 0.266 e. The van der Waals surface area contributed by atoms with Gasteiger partial charge < -0.3 is 9.73 Å². The predicted molar refractivity (Wildman–Crippen MR) is 107 cm³/mol. The third kappa shape index (κ3) is 4.42. The lowest BCUT2D eigenvalue weighted by molar-refractivity contribution is -0.122. The Morgan fingerprint density at radius 2 is 2.04 bits per heavy atom. The Hall–Kier alpha value is -2.38. The molecule has 1 aliphatic rings. The number of hydrogen-bond donors (Lipinski definition) is 1. The van der Waals surface area contributed by atoms with Gasteiger partial charge in [-0.2, -0.15) is 0 Å². The molecule has 7 heteroatoms. The zero-order valence-corrected chi connectivity index (χ0v) is 15.9. The molecule has 1 aromatic carbocycles. The maximum Gasteiger partial charge on any atom is 0.266 e. The highest BCUT2D eigenvalue weighted by Gasteiger charge is 2.31. The summed E-state index contributed by atoms with van der Waals surface area (Å²) in [4.78, 5) is 25.5. The fraction of sp³-hybridized carbons (Fsp3) is 0.211. The Morgan fingerprint density at radius 1 is 1.27 bits per heavy atom. The molecule has 26 heavy (non-hydrogen) atoms. The third-order valence-corrected chi connectivity index (χ3v) is 5.14. The summed E-state index contributed by atoms with van der Waals surface area (Å²) < 4.78 is 6.35. The molecule has 5 nitrogen and oxygen atoms in total. The molecule has 0 unspecified atom stereocenters. The van der Waals surface area contributed by atoms with Crippen molar-refractivity contribution in [3.8, 4) is 11.3 Å². The van der Waals surface area contributed by atoms with Crippen LogP contribution in [0.4, 0.5) is 0 Å². The lowest BCUT2D eigenvalue weighted by atomic mass is 10.2. The van der Waals surface area contributed by atoms with E-state index in [1.54, 1.807) is 11.0 Å². The third-order valence-electron chi connectivity index (χ3n) is 3.76. The van der Waals surface area contributed by atoms with Crippen molar-refractivity contribution in [2.45, 2.75) is 13.3 Å². The standard InChI is InChI=1S/C19H18N2O3S2/c1-13(22)20-10-5-11-21-18(23)17(26-19(21)25)12-15-8-9-16(24-15)14-6-3-2-4-7-14/h2-4,6-9,12H,5,10-11H2,1H3,(H,20,22). The Morgan fingerprint density at radius 3 is 2.77 bits per heavy atom. The number of thiocarbonyl (C=S) groups is 1. The minimum atomic E-state index is -0.125. The summed E-state index contributed by atoms with van der Waals surface area (Å²) in [5.41, 5.74) is 0.984. The molecule has 0 radical (unpaired) electrons. The van der Waals surface area contributed by atoms with Crippen molar-refractivity contribution in [3.05, 3.63) is 53.1 Å². The number of nitrogens with one attached hydrogen (secondary N) is 1. The monoisotopic (exact) mass is 386 g/mol. The van der Waals surface area contributed by atoms with E-state index in [9.17, 15) is 9.59 Å². The van der Waals surface area contributed by atoms with E-state index in [0.717, 1.165) is 11.3 Å². The highest BCUT2D eigenvalue weighted by Crippen LogP contribution is 2.33. The van der Waals surface area contributed by atoms with E-state index in [2.05, 4.69) is 5.32 Å². The predicted octanol–water partition coefficient (Wildman–Crippen LogP) is 3.67. The first-order valence-electron chi connectivity index (χ1n) is 8.19. The van der Waals surface area contributed by atoms with E-state index in [4.69, 9.17) is 16.6 Å². The summed E-state index contributed by atoms with van der Waals surface area (Å²) in [6.45, 7) is 2.47. The molecule has 0 saturated carbocycles. The van der Waals surface area contributed by atoms with Crippen LogP contribution in [-0.4, -0.2) is 34.1 Å². The van der Waals surface area contributed by atoms with Crippen molar-refractivity contribution in [1.82, 2.24) is 10.2 Å². The second-order valence-corrected chi connectivity index (χ2v) is 7.41. The van der Waals surface area contributed by atoms with Crippen LogP contribution in [0.2, 0.25) is 0 Å². The first kappa shape index (κ1) is 18.4. The summed E-state index contributed by atoms with van der Waals surface area (Å²) in [5.74, 6) is 1.16. The molecule has 3 rings (SSSR count). The first-order chi connectivity index (χ1) is 12.5. The molecule has 1 fully saturated rings. The van der Waals surface area contributed by atoms with Crippen molar-refractivity contribution in [2.24, 2.45) is 0 Å². The average Bonchev–Trinajstić information content (AvgIpc) is 3.19. The molecular formula is C19H18N2O3S2. The number of carbonyl (C=O) groups excluding carboxylic acids is 2. The number of thioether (sulfide) groups is 1. The zero-order valence-electron chi connectivity index (χ0n) is 14.2. The Balaban J connectivity index is 1.66. The first-order valence-corrected chi connectivity index (χ1v) is 9.42. The summed E-state index contributed by atoms with van der Waals surface area (Å²) in [5, 5.41) is 2.71. The molecule has 1 aliphatic heterocycles. The minimum absolute atomic E-state index is 0.0812. The molecule has 2 amide bonds. The molecule has 2 aromatic rings. The van der Waals surface area contributed by atoms with Crippen LogP contribution in [0.25, 0.3) is 17.4 Å². The number of carbonyl (C=O) groups is 2. The fourth-order valence-corrected chi connectivity index (χ4v) is 3.80. The van der Waals surface area contributed by atoms with E-state index in [1.807, 2.05) is 42.5 Å². The van der Waals surface area contributed by atoms with Gasteiger partial charge in [0.25, 0.3) is 5.91 Å². The molecule has 1 aromatic heterocycles. The van der Waals surface area contributed by atoms with Crippen LogP contribution in [0.5, 0.6) is 0 Å². The van der Waals surface area contributed by atoms with Gasteiger partial charge in [0.1, 0.15) is 15.8 Å². The maximum atomic E-state index is 12.5. The van der Waals surface area contributed by atoms with Crippen LogP contribution in [0.3, 0.4) is 0 Å². The van der Waals surface area contributed by atoms with Crippen molar-refractivity contribution in [2.75, 3.05) is 13.1 Å². The van der Waals surface area contributed by atoms with E-state index in [0.29, 0.717) is 34.5 Å². The van der Waals surface area contributed by atoms with Crippen LogP contribution in [0.15, 0.2) is 51.8 Å². The Bertz CT molecular complexity index is 859. The molecule has 1 saturated heterocycles. The van der Waals surface area contributed by atoms with Gasteiger partial charge in [-0.05, 0) is 18.6 Å². The van der Waals surface area contributed by atoms with Crippen LogP contribution in [0.1, 0.15) is 19.1 Å². The lowest BCUT2D eigenvalue weighted by Crippen LogP contribution is -2.31. The normalized spacial score (nSPS) is 15.7. The SMILES string of the molecule is CC(=O)NCCCN1C(=O)C(=Cc2ccc(-c3ccccc3)o2)SC1=S. The van der Waals surface area contributed by atoms with Crippen molar-refractivity contribution >= 4 is 46.2 Å². The van der Waals surface area contributed by atoms with Crippen LogP contribution in [0, 0.1) is 0 Å². The zero-order chi connectivity index (χ0) is 18.5. The van der Waals surface area contributed by atoms with E-state index >= 15 is 0 Å². The largest absolute Gasteiger partial charge is 0.457 e. The summed E-state index contributed by atoms with van der Waals surface area (Å²) in [7, 11) is 0. The highest BCUT2D eigenvalue weighted by atomic mass is 32.2. The van der Waals surface area contributed by atoms with Crippen LogP contribution < -0.4 is 5.32 Å². The van der Waals surface area contributed by atoms with Crippen molar-refractivity contribution in [1.29, 1.82) is 0 Å². The molecule has 0 atom stereocenters. The number of rotatable bonds is 6. The van der Waals surface area contributed by atoms with Gasteiger partial charge >= 0.3 is 0 Å². The molecular weight excluding hydrogens is 368 g/mol. The number of nitrogens with zero attached hydrogens (tertiary/aromatic N) is 1. The topological polar surface area (TPSA) is 62.6 Å². The summed E-state index contributed by atoms with van der Waals surface area (Å²) >= 11 is 6.57. The van der Waals surface area contributed by atoms with Gasteiger partial charge in [0.15, 0.2) is 0 Å². The fourth-order valence-electron chi connectivity index (χ4n) is 2.51. The quantitative estimate of drug-likeness (QED) is 0.466. The number of amides is 2. The Kier molecular flexibility index (Phi) is 5.90. The van der Waals surface area contributed by atoms with Gasteiger partial charge in [0, 0.05) is 31.7 Å². The Labute approximate surface area is 161 Å². The lowest BCUT2D eigenvalue weighted by Gasteiger charge is -2.14. The molecule has 1 N–H and O–H groups in total. The van der Waals surface area contributed by atoms with Gasteiger partial charge in [0.05, 0.1) is 4.91 Å². The van der Waals surface area contributed by atoms with Gasteiger partial charge in [-0.15, -0.1) is 0 Å². The van der Waals surface area contributed by atoms with Crippen LogP contribution in [-0.2, 0) is 9.59 Å². The molecule has 134 valence electrons. The van der Waals surface area contributed by atoms with Gasteiger partial charge in [-0.1, -0.05) is 54.3 Å².